The Balaban J connectivity index is 1.81. The molecule has 2 aliphatic rings. The topological polar surface area (TPSA) is 60.9 Å². The van der Waals surface area contributed by atoms with Crippen LogP contribution in [0.4, 0.5) is 0 Å². The molecule has 5 heteroatoms. The molecule has 0 radical (unpaired) electrons. The maximum Gasteiger partial charge on any atom is 0.242 e. The molecule has 3 atom stereocenters. The minimum Gasteiger partial charge on any atom is -0.394 e. The van der Waals surface area contributed by atoms with Gasteiger partial charge in [-0.15, -0.1) is 0 Å². The Morgan fingerprint density at radius 2 is 2.00 bits per heavy atom. The summed E-state index contributed by atoms with van der Waals surface area (Å²) in [5, 5.41) is 9.80. The first kappa shape index (κ1) is 18.5. The van der Waals surface area contributed by atoms with E-state index in [1.165, 1.54) is 0 Å². The Labute approximate surface area is 155 Å². The predicted octanol–water partition coefficient (Wildman–Crippen LogP) is 1.60. The summed E-state index contributed by atoms with van der Waals surface area (Å²) in [7, 11) is 0. The van der Waals surface area contributed by atoms with Gasteiger partial charge in [0.25, 0.3) is 0 Å². The van der Waals surface area contributed by atoms with Gasteiger partial charge < -0.3 is 14.9 Å². The molecule has 138 valence electrons. The summed E-state index contributed by atoms with van der Waals surface area (Å²) in [5.74, 6) is 6.59. The number of hydrogen-bond donors (Lipinski definition) is 1. The first-order chi connectivity index (χ1) is 12.5. The molecule has 2 aliphatic heterocycles. The van der Waals surface area contributed by atoms with Crippen molar-refractivity contribution in [2.45, 2.75) is 45.2 Å². The van der Waals surface area contributed by atoms with Gasteiger partial charge in [0.1, 0.15) is 0 Å². The molecular weight excluding hydrogens is 328 g/mol. The van der Waals surface area contributed by atoms with Crippen LogP contribution >= 0.6 is 0 Å². The van der Waals surface area contributed by atoms with Gasteiger partial charge in [-0.3, -0.25) is 9.59 Å². The van der Waals surface area contributed by atoms with Crippen molar-refractivity contribution in [1.29, 1.82) is 0 Å². The molecule has 0 saturated carbocycles. The number of benzene rings is 1. The zero-order valence-corrected chi connectivity index (χ0v) is 15.6. The second kappa shape index (κ2) is 7.51. The fraction of sp³-hybridized carbons (Fsp3) is 0.524. The molecule has 0 spiro atoms. The Morgan fingerprint density at radius 1 is 1.31 bits per heavy atom. The average Bonchev–Trinajstić information content (AvgIpc) is 2.61. The number of fused-ring (bicyclic) bond motifs is 1. The second-order valence-electron chi connectivity index (χ2n) is 7.32. The highest BCUT2D eigenvalue weighted by atomic mass is 16.3. The predicted molar refractivity (Wildman–Crippen MR) is 99.3 cm³/mol. The molecule has 2 fully saturated rings. The number of piperazine rings is 1. The number of aliphatic hydroxyl groups excluding tert-OH is 1. The van der Waals surface area contributed by atoms with E-state index in [1.807, 2.05) is 31.2 Å². The number of carbonyl (C=O) groups is 2. The summed E-state index contributed by atoms with van der Waals surface area (Å²) in [5.41, 5.74) is 2.04. The molecule has 0 aliphatic carbocycles. The maximum absolute atomic E-state index is 12.4. The number of aliphatic hydroxyl groups is 1. The lowest BCUT2D eigenvalue weighted by molar-refractivity contribution is -0.166. The highest BCUT2D eigenvalue weighted by molar-refractivity contribution is 5.87. The fourth-order valence-corrected chi connectivity index (χ4v) is 3.93. The summed E-state index contributed by atoms with van der Waals surface area (Å²) in [6.07, 6.45) is 0.400. The Bertz CT molecular complexity index is 745. The van der Waals surface area contributed by atoms with Crippen molar-refractivity contribution < 1.29 is 14.7 Å². The maximum atomic E-state index is 12.4. The number of rotatable bonds is 3. The van der Waals surface area contributed by atoms with E-state index in [0.717, 1.165) is 11.1 Å². The summed E-state index contributed by atoms with van der Waals surface area (Å²) in [6.45, 7) is 6.51. The highest BCUT2D eigenvalue weighted by Gasteiger charge is 2.54. The molecule has 1 N–H and O–H groups in total. The third kappa shape index (κ3) is 3.34. The van der Waals surface area contributed by atoms with Crippen LogP contribution in [-0.4, -0.2) is 58.5 Å². The van der Waals surface area contributed by atoms with E-state index in [9.17, 15) is 14.7 Å². The Morgan fingerprint density at radius 3 is 2.58 bits per heavy atom. The van der Waals surface area contributed by atoms with Crippen LogP contribution in [0.15, 0.2) is 24.3 Å². The van der Waals surface area contributed by atoms with Crippen LogP contribution in [0.2, 0.25) is 0 Å². The van der Waals surface area contributed by atoms with E-state index >= 15 is 0 Å². The quantitative estimate of drug-likeness (QED) is 0.839. The van der Waals surface area contributed by atoms with Crippen molar-refractivity contribution in [3.63, 3.8) is 0 Å². The van der Waals surface area contributed by atoms with Gasteiger partial charge in [0.15, 0.2) is 0 Å². The highest BCUT2D eigenvalue weighted by Crippen LogP contribution is 2.42. The summed E-state index contributed by atoms with van der Waals surface area (Å²) >= 11 is 0. The molecule has 3 rings (SSSR count). The van der Waals surface area contributed by atoms with Crippen molar-refractivity contribution in [3.8, 4) is 11.8 Å². The van der Waals surface area contributed by atoms with Gasteiger partial charge in [-0.2, -0.15) is 0 Å². The molecule has 2 saturated heterocycles. The van der Waals surface area contributed by atoms with Gasteiger partial charge >= 0.3 is 0 Å². The molecule has 0 bridgehead atoms. The van der Waals surface area contributed by atoms with E-state index in [4.69, 9.17) is 0 Å². The van der Waals surface area contributed by atoms with E-state index in [-0.39, 0.29) is 43.0 Å². The van der Waals surface area contributed by atoms with E-state index in [1.54, 1.807) is 9.80 Å². The summed E-state index contributed by atoms with van der Waals surface area (Å²) in [6, 6.07) is 7.76. The Hall–Kier alpha value is -2.32. The SMILES string of the molecule is CCC(=O)N1CC(=O)N2[C@@H](CO)[C@@H](c3ccc(C#CC(C)C)cc3)[C@@H]2C1. The summed E-state index contributed by atoms with van der Waals surface area (Å²) in [4.78, 5) is 27.9. The van der Waals surface area contributed by atoms with Crippen molar-refractivity contribution in [3.05, 3.63) is 35.4 Å². The standard InChI is InChI=1S/C21H26N2O3/c1-4-19(25)22-11-17-21(18(13-24)23(17)20(26)12-22)16-9-7-15(8-10-16)6-5-14(2)3/h7-10,14,17-18,21,24H,4,11-13H2,1-3H3/t17-,18-,21-/m0/s1. The largest absolute Gasteiger partial charge is 0.394 e. The molecule has 26 heavy (non-hydrogen) atoms. The lowest BCUT2D eigenvalue weighted by Gasteiger charge is -2.58. The van der Waals surface area contributed by atoms with Crippen LogP contribution in [0.1, 0.15) is 44.2 Å². The van der Waals surface area contributed by atoms with E-state index < -0.39 is 0 Å². The lowest BCUT2D eigenvalue weighted by atomic mass is 9.73. The average molecular weight is 354 g/mol. The second-order valence-corrected chi connectivity index (χ2v) is 7.32. The number of hydrogen-bond acceptors (Lipinski definition) is 3. The third-order valence-electron chi connectivity index (χ3n) is 5.21. The smallest absolute Gasteiger partial charge is 0.242 e. The normalized spacial score (nSPS) is 24.7. The monoisotopic (exact) mass is 354 g/mol. The van der Waals surface area contributed by atoms with Gasteiger partial charge in [0.05, 0.1) is 25.2 Å². The molecule has 5 nitrogen and oxygen atoms in total. The number of carbonyl (C=O) groups excluding carboxylic acids is 2. The van der Waals surface area contributed by atoms with Crippen molar-refractivity contribution in [1.82, 2.24) is 9.80 Å². The Kier molecular flexibility index (Phi) is 5.33. The summed E-state index contributed by atoms with van der Waals surface area (Å²) < 4.78 is 0. The lowest BCUT2D eigenvalue weighted by Crippen LogP contribution is -2.73. The van der Waals surface area contributed by atoms with Crippen molar-refractivity contribution >= 4 is 11.8 Å². The molecule has 1 aromatic rings. The van der Waals surface area contributed by atoms with E-state index in [0.29, 0.717) is 18.9 Å². The minimum atomic E-state index is -0.209. The van der Waals surface area contributed by atoms with Gasteiger partial charge in [-0.05, 0) is 17.7 Å². The first-order valence-corrected chi connectivity index (χ1v) is 9.27. The van der Waals surface area contributed by atoms with Crippen molar-refractivity contribution in [2.75, 3.05) is 19.7 Å². The molecule has 0 unspecified atom stereocenters. The number of nitrogens with zero attached hydrogens (tertiary/aromatic N) is 2. The molecule has 2 amide bonds. The minimum absolute atomic E-state index is 0.00325. The number of amides is 2. The van der Waals surface area contributed by atoms with Gasteiger partial charge in [0, 0.05) is 30.4 Å². The van der Waals surface area contributed by atoms with Gasteiger partial charge in [0.2, 0.25) is 11.8 Å². The first-order valence-electron chi connectivity index (χ1n) is 9.27. The fourth-order valence-electron chi connectivity index (χ4n) is 3.93. The van der Waals surface area contributed by atoms with Crippen LogP contribution in [0.25, 0.3) is 0 Å². The van der Waals surface area contributed by atoms with E-state index in [2.05, 4.69) is 25.7 Å². The van der Waals surface area contributed by atoms with Crippen LogP contribution in [0, 0.1) is 17.8 Å². The molecule has 2 heterocycles. The molecule has 0 aromatic heterocycles. The molecule has 1 aromatic carbocycles. The van der Waals surface area contributed by atoms with Crippen LogP contribution in [-0.2, 0) is 9.59 Å². The van der Waals surface area contributed by atoms with Gasteiger partial charge in [-0.1, -0.05) is 44.7 Å². The molecular formula is C21H26N2O3. The zero-order chi connectivity index (χ0) is 18.8. The van der Waals surface area contributed by atoms with Gasteiger partial charge in [-0.25, -0.2) is 0 Å². The van der Waals surface area contributed by atoms with Crippen LogP contribution in [0.3, 0.4) is 0 Å². The van der Waals surface area contributed by atoms with Crippen LogP contribution < -0.4 is 0 Å². The zero-order valence-electron chi connectivity index (χ0n) is 15.6. The third-order valence-corrected chi connectivity index (χ3v) is 5.21. The van der Waals surface area contributed by atoms with Crippen LogP contribution in [0.5, 0.6) is 0 Å². The van der Waals surface area contributed by atoms with Crippen molar-refractivity contribution in [2.24, 2.45) is 5.92 Å².